The van der Waals surface area contributed by atoms with Crippen molar-refractivity contribution in [3.63, 3.8) is 0 Å². The predicted octanol–water partition coefficient (Wildman–Crippen LogP) is 5.63. The summed E-state index contributed by atoms with van der Waals surface area (Å²) in [7, 11) is 0. The van der Waals surface area contributed by atoms with Gasteiger partial charge in [-0.2, -0.15) is 0 Å². The van der Waals surface area contributed by atoms with Crippen molar-refractivity contribution in [1.29, 1.82) is 0 Å². The number of aromatic nitrogens is 1. The second kappa shape index (κ2) is 7.00. The Hall–Kier alpha value is -1.77. The molecule has 2 aromatic carbocycles. The number of rotatable bonds is 3. The van der Waals surface area contributed by atoms with E-state index in [0.29, 0.717) is 12.1 Å². The number of hydrogen-bond donors (Lipinski definition) is 2. The van der Waals surface area contributed by atoms with Gasteiger partial charge in [-0.3, -0.25) is 0 Å². The van der Waals surface area contributed by atoms with Gasteiger partial charge in [0.1, 0.15) is 0 Å². The van der Waals surface area contributed by atoms with Gasteiger partial charge in [0.05, 0.1) is 0 Å². The molecule has 24 heavy (non-hydrogen) atoms. The summed E-state index contributed by atoms with van der Waals surface area (Å²) in [6, 6.07) is 18.2. The van der Waals surface area contributed by atoms with E-state index in [2.05, 4.69) is 72.7 Å². The zero-order valence-corrected chi connectivity index (χ0v) is 15.1. The molecule has 1 aliphatic carbocycles. The van der Waals surface area contributed by atoms with Crippen molar-refractivity contribution in [3.05, 3.63) is 70.9 Å². The number of H-pyrrole nitrogens is 1. The molecule has 0 bridgehead atoms. The lowest BCUT2D eigenvalue weighted by atomic mass is 9.90. The molecule has 2 unspecified atom stereocenters. The first-order valence-electron chi connectivity index (χ1n) is 8.64. The summed E-state index contributed by atoms with van der Waals surface area (Å²) in [5.41, 5.74) is 6.90. The summed E-state index contributed by atoms with van der Waals surface area (Å²) in [6.07, 6.45) is 3.65. The van der Waals surface area contributed by atoms with Gasteiger partial charge in [-0.25, -0.2) is 0 Å². The van der Waals surface area contributed by atoms with Gasteiger partial charge in [0.15, 0.2) is 0 Å². The summed E-state index contributed by atoms with van der Waals surface area (Å²) in [6.45, 7) is 4.44. The van der Waals surface area contributed by atoms with Crippen molar-refractivity contribution < 1.29 is 0 Å². The third kappa shape index (κ3) is 3.09. The van der Waals surface area contributed by atoms with Gasteiger partial charge in [0, 0.05) is 28.7 Å². The number of nitrogens with one attached hydrogen (secondary N) is 2. The molecule has 1 heterocycles. The molecule has 0 aliphatic heterocycles. The molecule has 2 N–H and O–H groups in total. The Balaban J connectivity index is 0.00000169. The van der Waals surface area contributed by atoms with Crippen LogP contribution in [0.15, 0.2) is 48.5 Å². The molecule has 0 fully saturated rings. The Morgan fingerprint density at radius 1 is 1.12 bits per heavy atom. The molecule has 1 aromatic heterocycles. The highest BCUT2D eigenvalue weighted by molar-refractivity contribution is 5.86. The van der Waals surface area contributed by atoms with Crippen LogP contribution < -0.4 is 5.32 Å². The summed E-state index contributed by atoms with van der Waals surface area (Å²) >= 11 is 0. The number of fused-ring (bicyclic) bond motifs is 3. The number of benzene rings is 2. The van der Waals surface area contributed by atoms with Gasteiger partial charge in [0.2, 0.25) is 0 Å². The molecule has 0 spiro atoms. The highest BCUT2D eigenvalue weighted by Crippen LogP contribution is 2.36. The Labute approximate surface area is 150 Å². The number of aryl methyl sites for hydroxylation is 2. The molecule has 3 heteroatoms. The maximum atomic E-state index is 3.84. The van der Waals surface area contributed by atoms with Gasteiger partial charge >= 0.3 is 0 Å². The van der Waals surface area contributed by atoms with E-state index in [1.54, 1.807) is 0 Å². The van der Waals surface area contributed by atoms with Gasteiger partial charge in [-0.05, 0) is 56.4 Å². The average Bonchev–Trinajstić information content (AvgIpc) is 2.95. The fraction of sp³-hybridized carbons (Fsp3) is 0.333. The summed E-state index contributed by atoms with van der Waals surface area (Å²) in [4.78, 5) is 3.69. The standard InChI is InChI=1S/C21H24N2.ClH/c1-14-11-12-19-18(13-14)17-9-6-10-20(21(17)23-19)22-15(2)16-7-4-3-5-8-16;/h3-5,7-8,11-13,15,20,22-23H,6,9-10H2,1-2H3;1H. The van der Waals surface area contributed by atoms with E-state index >= 15 is 0 Å². The quantitative estimate of drug-likeness (QED) is 0.635. The molecule has 126 valence electrons. The van der Waals surface area contributed by atoms with Crippen LogP contribution in [0.4, 0.5) is 0 Å². The minimum Gasteiger partial charge on any atom is -0.357 e. The smallest absolute Gasteiger partial charge is 0.0480 e. The number of aromatic amines is 1. The van der Waals surface area contributed by atoms with Crippen LogP contribution in [-0.4, -0.2) is 4.98 Å². The van der Waals surface area contributed by atoms with Crippen LogP contribution >= 0.6 is 12.4 Å². The van der Waals surface area contributed by atoms with Crippen LogP contribution in [0.25, 0.3) is 10.9 Å². The molecule has 1 aliphatic rings. The summed E-state index contributed by atoms with van der Waals surface area (Å²) < 4.78 is 0. The first kappa shape index (κ1) is 17.1. The SMILES string of the molecule is Cc1ccc2[nH]c3c(c2c1)CCCC3NC(C)c1ccccc1.Cl. The minimum absolute atomic E-state index is 0. The van der Waals surface area contributed by atoms with Gasteiger partial charge < -0.3 is 10.3 Å². The number of halogens is 1. The molecule has 4 rings (SSSR count). The lowest BCUT2D eigenvalue weighted by Crippen LogP contribution is -2.27. The summed E-state index contributed by atoms with van der Waals surface area (Å²) in [5.74, 6) is 0. The molecule has 3 aromatic rings. The second-order valence-electron chi connectivity index (χ2n) is 6.81. The topological polar surface area (TPSA) is 27.8 Å². The lowest BCUT2D eigenvalue weighted by Gasteiger charge is -2.27. The Morgan fingerprint density at radius 3 is 2.71 bits per heavy atom. The van der Waals surface area contributed by atoms with Crippen molar-refractivity contribution in [2.24, 2.45) is 0 Å². The van der Waals surface area contributed by atoms with Crippen LogP contribution in [0, 0.1) is 6.92 Å². The maximum Gasteiger partial charge on any atom is 0.0480 e. The highest BCUT2D eigenvalue weighted by atomic mass is 35.5. The number of hydrogen-bond acceptors (Lipinski definition) is 1. The molecule has 2 atom stereocenters. The van der Waals surface area contributed by atoms with Crippen molar-refractivity contribution in [2.45, 2.75) is 45.2 Å². The van der Waals surface area contributed by atoms with Crippen LogP contribution in [-0.2, 0) is 6.42 Å². The monoisotopic (exact) mass is 340 g/mol. The second-order valence-corrected chi connectivity index (χ2v) is 6.81. The average molecular weight is 341 g/mol. The van der Waals surface area contributed by atoms with Gasteiger partial charge in [0.25, 0.3) is 0 Å². The van der Waals surface area contributed by atoms with E-state index in [1.807, 2.05) is 0 Å². The maximum absolute atomic E-state index is 3.84. The molecular formula is C21H25ClN2. The highest BCUT2D eigenvalue weighted by Gasteiger charge is 2.25. The van der Waals surface area contributed by atoms with Crippen molar-refractivity contribution in [3.8, 4) is 0 Å². The van der Waals surface area contributed by atoms with E-state index in [-0.39, 0.29) is 12.4 Å². The fourth-order valence-corrected chi connectivity index (χ4v) is 3.88. The molecule has 0 radical (unpaired) electrons. The molecule has 0 saturated carbocycles. The van der Waals surface area contributed by atoms with Crippen LogP contribution in [0.3, 0.4) is 0 Å². The zero-order valence-electron chi connectivity index (χ0n) is 14.3. The normalized spacial score (nSPS) is 18.0. The largest absolute Gasteiger partial charge is 0.357 e. The van der Waals surface area contributed by atoms with Crippen molar-refractivity contribution >= 4 is 23.3 Å². The van der Waals surface area contributed by atoms with E-state index in [1.165, 1.54) is 52.5 Å². The predicted molar refractivity (Wildman–Crippen MR) is 104 cm³/mol. The van der Waals surface area contributed by atoms with Crippen LogP contribution in [0.5, 0.6) is 0 Å². The van der Waals surface area contributed by atoms with E-state index in [9.17, 15) is 0 Å². The van der Waals surface area contributed by atoms with Crippen LogP contribution in [0.1, 0.15) is 54.2 Å². The first-order valence-corrected chi connectivity index (χ1v) is 8.64. The van der Waals surface area contributed by atoms with E-state index < -0.39 is 0 Å². The summed E-state index contributed by atoms with van der Waals surface area (Å²) in [5, 5.41) is 5.25. The van der Waals surface area contributed by atoms with Crippen molar-refractivity contribution in [2.75, 3.05) is 0 Å². The Morgan fingerprint density at radius 2 is 1.92 bits per heavy atom. The zero-order chi connectivity index (χ0) is 15.8. The lowest BCUT2D eigenvalue weighted by molar-refractivity contribution is 0.410. The minimum atomic E-state index is 0. The Bertz CT molecular complexity index is 822. The van der Waals surface area contributed by atoms with Gasteiger partial charge in [-0.15, -0.1) is 12.4 Å². The van der Waals surface area contributed by atoms with E-state index in [0.717, 1.165) is 0 Å². The van der Waals surface area contributed by atoms with Crippen LogP contribution in [0.2, 0.25) is 0 Å². The fourth-order valence-electron chi connectivity index (χ4n) is 3.88. The molecule has 2 nitrogen and oxygen atoms in total. The molecular weight excluding hydrogens is 316 g/mol. The third-order valence-electron chi connectivity index (χ3n) is 5.11. The molecule has 0 amide bonds. The van der Waals surface area contributed by atoms with E-state index in [4.69, 9.17) is 0 Å². The van der Waals surface area contributed by atoms with Gasteiger partial charge in [-0.1, -0.05) is 42.0 Å². The van der Waals surface area contributed by atoms with Crippen molar-refractivity contribution in [1.82, 2.24) is 10.3 Å². The third-order valence-corrected chi connectivity index (χ3v) is 5.11. The molecule has 0 saturated heterocycles. The Kier molecular flexibility index (Phi) is 4.98. The first-order chi connectivity index (χ1) is 11.2.